The summed E-state index contributed by atoms with van der Waals surface area (Å²) in [6.45, 7) is 0. The maximum absolute atomic E-state index is 6.17. The predicted octanol–water partition coefficient (Wildman–Crippen LogP) is 3.28. The van der Waals surface area contributed by atoms with Gasteiger partial charge in [-0.15, -0.1) is 0 Å². The lowest BCUT2D eigenvalue weighted by Crippen LogP contribution is -1.80. The van der Waals surface area contributed by atoms with Crippen LogP contribution in [0.25, 0.3) is 22.2 Å². The van der Waals surface area contributed by atoms with E-state index in [9.17, 15) is 0 Å². The van der Waals surface area contributed by atoms with E-state index in [1.54, 1.807) is 12.4 Å². The van der Waals surface area contributed by atoms with Gasteiger partial charge in [-0.25, -0.2) is 0 Å². The van der Waals surface area contributed by atoms with Gasteiger partial charge in [0, 0.05) is 23.3 Å². The second-order valence-corrected chi connectivity index (χ2v) is 3.88. The summed E-state index contributed by atoms with van der Waals surface area (Å²) in [5.74, 6) is 0. The molecule has 2 aromatic heterocycles. The van der Waals surface area contributed by atoms with Crippen LogP contribution in [0.2, 0.25) is 5.02 Å². The Bertz CT molecular complexity index is 631. The maximum Gasteiger partial charge on any atom is 0.103 e. The summed E-state index contributed by atoms with van der Waals surface area (Å²) < 4.78 is 0. The van der Waals surface area contributed by atoms with Gasteiger partial charge in [0.05, 0.1) is 10.5 Å². The van der Waals surface area contributed by atoms with E-state index in [1.165, 1.54) is 0 Å². The third-order valence-electron chi connectivity index (χ3n) is 2.47. The molecule has 3 nitrogen and oxygen atoms in total. The smallest absolute Gasteiger partial charge is 0.103 e. The van der Waals surface area contributed by atoms with Crippen LogP contribution in [0.4, 0.5) is 0 Å². The number of hydrogen-bond donors (Lipinski definition) is 1. The molecule has 0 aliphatic rings. The van der Waals surface area contributed by atoms with Gasteiger partial charge in [0.1, 0.15) is 5.69 Å². The Labute approximate surface area is 97.1 Å². The number of aromatic nitrogens is 3. The van der Waals surface area contributed by atoms with Crippen LogP contribution in [-0.4, -0.2) is 15.2 Å². The molecule has 0 bridgehead atoms. The van der Waals surface area contributed by atoms with Crippen molar-refractivity contribution in [2.75, 3.05) is 0 Å². The van der Waals surface area contributed by atoms with Crippen LogP contribution in [0.15, 0.2) is 42.7 Å². The molecule has 78 valence electrons. The molecule has 0 unspecified atom stereocenters. The number of nitrogens with zero attached hydrogens (tertiary/aromatic N) is 2. The highest BCUT2D eigenvalue weighted by atomic mass is 35.5. The van der Waals surface area contributed by atoms with Crippen molar-refractivity contribution in [3.63, 3.8) is 0 Å². The lowest BCUT2D eigenvalue weighted by molar-refractivity contribution is 1.12. The van der Waals surface area contributed by atoms with E-state index in [-0.39, 0.29) is 0 Å². The lowest BCUT2D eigenvalue weighted by Gasteiger charge is -1.98. The fraction of sp³-hybridized carbons (Fsp3) is 0. The van der Waals surface area contributed by atoms with Crippen LogP contribution >= 0.6 is 11.6 Å². The van der Waals surface area contributed by atoms with E-state index in [1.807, 2.05) is 30.3 Å². The summed E-state index contributed by atoms with van der Waals surface area (Å²) in [7, 11) is 0. The summed E-state index contributed by atoms with van der Waals surface area (Å²) in [4.78, 5) is 4.08. The Morgan fingerprint density at radius 3 is 2.88 bits per heavy atom. The zero-order valence-electron chi connectivity index (χ0n) is 8.31. The molecule has 0 saturated carbocycles. The molecule has 3 aromatic rings. The molecular formula is C12H8ClN3. The molecular weight excluding hydrogens is 222 g/mol. The largest absolute Gasteiger partial charge is 0.277 e. The standard InChI is InChI=1S/C12H8ClN3/c13-9-4-1-5-10-11(9)12(16-15-10)8-3-2-6-14-7-8/h1-7H,(H,15,16). The second kappa shape index (κ2) is 3.61. The first-order valence-corrected chi connectivity index (χ1v) is 5.27. The first-order chi connectivity index (χ1) is 7.86. The number of H-pyrrole nitrogens is 1. The minimum absolute atomic E-state index is 0.699. The number of pyridine rings is 1. The summed E-state index contributed by atoms with van der Waals surface area (Å²) in [6, 6.07) is 9.56. The van der Waals surface area contributed by atoms with E-state index >= 15 is 0 Å². The van der Waals surface area contributed by atoms with Gasteiger partial charge in [-0.05, 0) is 24.3 Å². The van der Waals surface area contributed by atoms with E-state index in [2.05, 4.69) is 15.2 Å². The number of fused-ring (bicyclic) bond motifs is 1. The Morgan fingerprint density at radius 2 is 2.06 bits per heavy atom. The molecule has 0 aliphatic heterocycles. The fourth-order valence-electron chi connectivity index (χ4n) is 1.74. The van der Waals surface area contributed by atoms with Crippen molar-refractivity contribution in [2.24, 2.45) is 0 Å². The SMILES string of the molecule is Clc1cccc2[nH]nc(-c3cccnc3)c12. The van der Waals surface area contributed by atoms with Crippen molar-refractivity contribution < 1.29 is 0 Å². The van der Waals surface area contributed by atoms with Gasteiger partial charge in [0.15, 0.2) is 0 Å². The minimum Gasteiger partial charge on any atom is -0.277 e. The third-order valence-corrected chi connectivity index (χ3v) is 2.79. The Hall–Kier alpha value is -1.87. The van der Waals surface area contributed by atoms with Crippen LogP contribution in [-0.2, 0) is 0 Å². The minimum atomic E-state index is 0.699. The summed E-state index contributed by atoms with van der Waals surface area (Å²) >= 11 is 6.17. The molecule has 0 aliphatic carbocycles. The van der Waals surface area contributed by atoms with Crippen LogP contribution in [0, 0.1) is 0 Å². The summed E-state index contributed by atoms with van der Waals surface area (Å²) in [5.41, 5.74) is 2.74. The first kappa shape index (κ1) is 9.36. The zero-order chi connectivity index (χ0) is 11.0. The zero-order valence-corrected chi connectivity index (χ0v) is 9.07. The number of hydrogen-bond acceptors (Lipinski definition) is 2. The Kier molecular flexibility index (Phi) is 2.11. The molecule has 0 saturated heterocycles. The van der Waals surface area contributed by atoms with Crippen LogP contribution in [0.3, 0.4) is 0 Å². The fourth-order valence-corrected chi connectivity index (χ4v) is 2.01. The maximum atomic E-state index is 6.17. The quantitative estimate of drug-likeness (QED) is 0.696. The highest BCUT2D eigenvalue weighted by Crippen LogP contribution is 2.30. The third kappa shape index (κ3) is 1.37. The molecule has 0 spiro atoms. The highest BCUT2D eigenvalue weighted by Gasteiger charge is 2.10. The summed E-state index contributed by atoms with van der Waals surface area (Å²) in [6.07, 6.45) is 3.51. The van der Waals surface area contributed by atoms with E-state index in [0.29, 0.717) is 5.02 Å². The number of rotatable bonds is 1. The van der Waals surface area contributed by atoms with E-state index in [0.717, 1.165) is 22.2 Å². The first-order valence-electron chi connectivity index (χ1n) is 4.89. The van der Waals surface area contributed by atoms with E-state index < -0.39 is 0 Å². The van der Waals surface area contributed by atoms with Crippen molar-refractivity contribution in [1.82, 2.24) is 15.2 Å². The van der Waals surface area contributed by atoms with Crippen molar-refractivity contribution >= 4 is 22.5 Å². The van der Waals surface area contributed by atoms with Gasteiger partial charge < -0.3 is 0 Å². The van der Waals surface area contributed by atoms with Crippen molar-refractivity contribution in [3.05, 3.63) is 47.7 Å². The molecule has 2 heterocycles. The van der Waals surface area contributed by atoms with Gasteiger partial charge in [-0.3, -0.25) is 10.1 Å². The monoisotopic (exact) mass is 229 g/mol. The topological polar surface area (TPSA) is 41.6 Å². The number of nitrogens with one attached hydrogen (secondary N) is 1. The Balaban J connectivity index is 2.33. The van der Waals surface area contributed by atoms with Crippen LogP contribution < -0.4 is 0 Å². The molecule has 1 N–H and O–H groups in total. The van der Waals surface area contributed by atoms with Gasteiger partial charge in [-0.1, -0.05) is 17.7 Å². The van der Waals surface area contributed by atoms with Gasteiger partial charge in [0.2, 0.25) is 0 Å². The second-order valence-electron chi connectivity index (χ2n) is 3.48. The number of benzene rings is 1. The van der Waals surface area contributed by atoms with Gasteiger partial charge >= 0.3 is 0 Å². The van der Waals surface area contributed by atoms with Crippen molar-refractivity contribution in [3.8, 4) is 11.3 Å². The molecule has 0 radical (unpaired) electrons. The molecule has 0 amide bonds. The molecule has 0 atom stereocenters. The van der Waals surface area contributed by atoms with Crippen LogP contribution in [0.5, 0.6) is 0 Å². The predicted molar refractivity (Wildman–Crippen MR) is 64.3 cm³/mol. The normalized spacial score (nSPS) is 10.8. The van der Waals surface area contributed by atoms with Crippen molar-refractivity contribution in [1.29, 1.82) is 0 Å². The van der Waals surface area contributed by atoms with Gasteiger partial charge in [-0.2, -0.15) is 5.10 Å². The van der Waals surface area contributed by atoms with E-state index in [4.69, 9.17) is 11.6 Å². The molecule has 4 heteroatoms. The average molecular weight is 230 g/mol. The number of aromatic amines is 1. The molecule has 16 heavy (non-hydrogen) atoms. The number of halogens is 1. The van der Waals surface area contributed by atoms with Crippen molar-refractivity contribution in [2.45, 2.75) is 0 Å². The average Bonchev–Trinajstić information content (AvgIpc) is 2.75. The van der Waals surface area contributed by atoms with Gasteiger partial charge in [0.25, 0.3) is 0 Å². The summed E-state index contributed by atoms with van der Waals surface area (Å²) in [5, 5.41) is 8.88. The van der Waals surface area contributed by atoms with Crippen LogP contribution in [0.1, 0.15) is 0 Å². The molecule has 3 rings (SSSR count). The highest BCUT2D eigenvalue weighted by molar-refractivity contribution is 6.36. The lowest BCUT2D eigenvalue weighted by atomic mass is 10.1. The Morgan fingerprint density at radius 1 is 1.12 bits per heavy atom. The molecule has 1 aromatic carbocycles. The molecule has 0 fully saturated rings.